The first-order valence-corrected chi connectivity index (χ1v) is 14.1. The van der Waals surface area contributed by atoms with Gasteiger partial charge in [-0.05, 0) is 75.3 Å². The number of esters is 3. The average Bonchev–Trinajstić information content (AvgIpc) is 3.35. The summed E-state index contributed by atoms with van der Waals surface area (Å²) in [5.74, 6) is -3.24. The molecule has 0 spiro atoms. The Kier molecular flexibility index (Phi) is 11.0. The number of cyclic esters (lactones) is 1. The number of allylic oxidation sites excluding steroid dienone is 2. The van der Waals surface area contributed by atoms with E-state index < -0.39 is 41.8 Å². The third-order valence-corrected chi connectivity index (χ3v) is 7.29. The van der Waals surface area contributed by atoms with Crippen molar-refractivity contribution < 1.29 is 37.4 Å². The van der Waals surface area contributed by atoms with Crippen LogP contribution in [0.4, 0.5) is 8.78 Å². The van der Waals surface area contributed by atoms with E-state index in [4.69, 9.17) is 14.2 Å². The Morgan fingerprint density at radius 1 is 0.881 bits per heavy atom. The molecule has 1 heterocycles. The van der Waals surface area contributed by atoms with E-state index in [1.165, 1.54) is 48.6 Å². The number of benzene rings is 2. The molecule has 1 fully saturated rings. The summed E-state index contributed by atoms with van der Waals surface area (Å²) >= 11 is 0. The van der Waals surface area contributed by atoms with Crippen molar-refractivity contribution in [2.75, 3.05) is 0 Å². The molecule has 1 saturated carbocycles. The van der Waals surface area contributed by atoms with E-state index in [1.807, 2.05) is 19.1 Å². The van der Waals surface area contributed by atoms with E-state index in [0.717, 1.165) is 18.9 Å². The summed E-state index contributed by atoms with van der Waals surface area (Å²) in [7, 11) is 0. The predicted molar refractivity (Wildman–Crippen MR) is 155 cm³/mol. The summed E-state index contributed by atoms with van der Waals surface area (Å²) in [6.45, 7) is 1.83. The lowest BCUT2D eigenvalue weighted by atomic mass is 9.89. The molecule has 2 aromatic carbocycles. The van der Waals surface area contributed by atoms with Gasteiger partial charge in [-0.1, -0.05) is 48.6 Å². The molecule has 0 bridgehead atoms. The first kappa shape index (κ1) is 30.6. The van der Waals surface area contributed by atoms with E-state index in [-0.39, 0.29) is 29.1 Å². The summed E-state index contributed by atoms with van der Waals surface area (Å²) in [5, 5.41) is 0. The number of hydrogen-bond acceptors (Lipinski definition) is 6. The second kappa shape index (κ2) is 15.1. The van der Waals surface area contributed by atoms with Crippen molar-refractivity contribution in [3.63, 3.8) is 0 Å². The predicted octanol–water partition coefficient (Wildman–Crippen LogP) is 6.77. The minimum atomic E-state index is -0.848. The number of carbonyl (C=O) groups excluding carboxylic acids is 3. The minimum Gasteiger partial charge on any atom is -0.460 e. The van der Waals surface area contributed by atoms with Crippen LogP contribution in [0.2, 0.25) is 0 Å². The Bertz CT molecular complexity index is 1380. The molecule has 8 heteroatoms. The molecular weight excluding hydrogens is 542 g/mol. The molecule has 2 aromatic rings. The van der Waals surface area contributed by atoms with Crippen LogP contribution in [0, 0.1) is 23.5 Å². The van der Waals surface area contributed by atoms with Crippen molar-refractivity contribution in [1.82, 2.24) is 0 Å². The van der Waals surface area contributed by atoms with Gasteiger partial charge in [-0.15, -0.1) is 0 Å². The van der Waals surface area contributed by atoms with Crippen LogP contribution in [0.1, 0.15) is 50.2 Å². The van der Waals surface area contributed by atoms with Crippen LogP contribution in [0.25, 0.3) is 12.2 Å². The molecule has 220 valence electrons. The lowest BCUT2D eigenvalue weighted by molar-refractivity contribution is -0.146. The van der Waals surface area contributed by atoms with E-state index in [1.54, 1.807) is 30.3 Å². The Morgan fingerprint density at radius 3 is 2.14 bits per heavy atom. The van der Waals surface area contributed by atoms with Crippen LogP contribution in [0.15, 0.2) is 85.0 Å². The Hall–Kier alpha value is -4.33. The van der Waals surface area contributed by atoms with Gasteiger partial charge in [0.2, 0.25) is 0 Å². The number of ether oxygens (including phenoxy) is 3. The maximum absolute atomic E-state index is 14.0. The second-order valence-electron chi connectivity index (χ2n) is 10.4. The van der Waals surface area contributed by atoms with Gasteiger partial charge in [-0.3, -0.25) is 0 Å². The third kappa shape index (κ3) is 9.09. The summed E-state index contributed by atoms with van der Waals surface area (Å²) in [5.41, 5.74) is 0.498. The maximum Gasteiger partial charge on any atom is 0.331 e. The SMILES string of the molecule is C[C@H]1CCC/C=C/[C@@H]2C[C@H](OC(=O)/C=C/c3ccccc3F)C[C@H]2[C@H](OC(=O)/C=C/c2ccccc2F)/C=C/C(=O)O1. The zero-order valence-electron chi connectivity index (χ0n) is 23.4. The van der Waals surface area contributed by atoms with Crippen LogP contribution in [-0.2, 0) is 28.6 Å². The first-order chi connectivity index (χ1) is 20.3. The van der Waals surface area contributed by atoms with Gasteiger partial charge in [0.25, 0.3) is 0 Å². The van der Waals surface area contributed by atoms with Crippen molar-refractivity contribution in [3.8, 4) is 0 Å². The molecule has 0 unspecified atom stereocenters. The van der Waals surface area contributed by atoms with E-state index in [2.05, 4.69) is 0 Å². The van der Waals surface area contributed by atoms with E-state index in [9.17, 15) is 23.2 Å². The highest BCUT2D eigenvalue weighted by atomic mass is 19.1. The van der Waals surface area contributed by atoms with Crippen LogP contribution in [0.3, 0.4) is 0 Å². The summed E-state index contributed by atoms with van der Waals surface area (Å²) in [4.78, 5) is 37.9. The zero-order chi connectivity index (χ0) is 29.9. The quantitative estimate of drug-likeness (QED) is 0.164. The largest absolute Gasteiger partial charge is 0.460 e. The Morgan fingerprint density at radius 2 is 1.50 bits per heavy atom. The van der Waals surface area contributed by atoms with Crippen LogP contribution >= 0.6 is 0 Å². The van der Waals surface area contributed by atoms with Crippen LogP contribution in [-0.4, -0.2) is 36.2 Å². The van der Waals surface area contributed by atoms with E-state index >= 15 is 0 Å². The number of fused-ring (bicyclic) bond motifs is 1. The molecule has 1 aliphatic carbocycles. The number of halogens is 2. The third-order valence-electron chi connectivity index (χ3n) is 7.29. The maximum atomic E-state index is 14.0. The van der Waals surface area contributed by atoms with Crippen molar-refractivity contribution in [2.24, 2.45) is 11.8 Å². The smallest absolute Gasteiger partial charge is 0.331 e. The number of hydrogen-bond donors (Lipinski definition) is 0. The molecule has 0 N–H and O–H groups in total. The van der Waals surface area contributed by atoms with Crippen LogP contribution < -0.4 is 0 Å². The zero-order valence-corrected chi connectivity index (χ0v) is 23.4. The highest BCUT2D eigenvalue weighted by molar-refractivity contribution is 5.88. The first-order valence-electron chi connectivity index (χ1n) is 14.1. The molecule has 0 amide bonds. The fourth-order valence-corrected chi connectivity index (χ4v) is 5.19. The van der Waals surface area contributed by atoms with Crippen molar-refractivity contribution in [3.05, 3.63) is 108 Å². The van der Waals surface area contributed by atoms with Gasteiger partial charge in [0.1, 0.15) is 23.8 Å². The molecular formula is C34H34F2O6. The molecule has 42 heavy (non-hydrogen) atoms. The van der Waals surface area contributed by atoms with Gasteiger partial charge in [0, 0.05) is 35.3 Å². The Labute approximate surface area is 244 Å². The van der Waals surface area contributed by atoms with Crippen molar-refractivity contribution in [1.29, 1.82) is 0 Å². The normalized spacial score (nSPS) is 26.4. The average molecular weight is 577 g/mol. The minimum absolute atomic E-state index is 0.120. The highest BCUT2D eigenvalue weighted by Gasteiger charge is 2.40. The standard InChI is InChI=1S/C34H34F2O6/c1-23-9-3-2-4-12-26-21-27(41-33(38)18-15-24-10-5-7-13-29(24)35)22-28(26)31(17-20-32(37)40-23)42-34(39)19-16-25-11-6-8-14-30(25)36/h4-8,10-20,23,26-28,31H,2-3,9,21-22H2,1H3/b12-4+,18-15+,19-16+,20-17+/t23-,26+,27-,28+,31+/m0/s1. The highest BCUT2D eigenvalue weighted by Crippen LogP contribution is 2.39. The molecule has 2 aliphatic rings. The topological polar surface area (TPSA) is 78.9 Å². The molecule has 5 atom stereocenters. The lowest BCUT2D eigenvalue weighted by Crippen LogP contribution is -2.27. The molecule has 4 rings (SSSR count). The van der Waals surface area contributed by atoms with Gasteiger partial charge in [-0.2, -0.15) is 0 Å². The van der Waals surface area contributed by atoms with Gasteiger partial charge >= 0.3 is 17.9 Å². The molecule has 0 radical (unpaired) electrons. The fraction of sp³-hybridized carbons (Fsp3) is 0.324. The van der Waals surface area contributed by atoms with Crippen LogP contribution in [0.5, 0.6) is 0 Å². The lowest BCUT2D eigenvalue weighted by Gasteiger charge is -2.24. The molecule has 1 aliphatic heterocycles. The summed E-state index contributed by atoms with van der Waals surface area (Å²) in [6.07, 6.45) is 13.4. The molecule has 0 aromatic heterocycles. The number of carbonyl (C=O) groups is 3. The van der Waals surface area contributed by atoms with Gasteiger partial charge < -0.3 is 14.2 Å². The van der Waals surface area contributed by atoms with Crippen molar-refractivity contribution >= 4 is 30.1 Å². The van der Waals surface area contributed by atoms with Gasteiger partial charge in [0.15, 0.2) is 0 Å². The summed E-state index contributed by atoms with van der Waals surface area (Å²) < 4.78 is 44.9. The Balaban J connectivity index is 1.52. The summed E-state index contributed by atoms with van der Waals surface area (Å²) in [6, 6.07) is 12.1. The van der Waals surface area contributed by atoms with Gasteiger partial charge in [-0.25, -0.2) is 23.2 Å². The number of rotatable bonds is 6. The molecule has 0 saturated heterocycles. The van der Waals surface area contributed by atoms with Gasteiger partial charge in [0.05, 0.1) is 6.10 Å². The second-order valence-corrected chi connectivity index (χ2v) is 10.4. The van der Waals surface area contributed by atoms with Crippen molar-refractivity contribution in [2.45, 2.75) is 57.3 Å². The fourth-order valence-electron chi connectivity index (χ4n) is 5.19. The van der Waals surface area contributed by atoms with E-state index in [0.29, 0.717) is 19.3 Å². The monoisotopic (exact) mass is 576 g/mol. The molecule has 6 nitrogen and oxygen atoms in total.